The minimum atomic E-state index is -0.277. The van der Waals surface area contributed by atoms with Gasteiger partial charge in [-0.1, -0.05) is 13.3 Å². The van der Waals surface area contributed by atoms with Crippen molar-refractivity contribution in [2.24, 2.45) is 5.92 Å². The molecule has 0 aromatic carbocycles. The van der Waals surface area contributed by atoms with Crippen molar-refractivity contribution < 1.29 is 19.1 Å². The molecule has 1 N–H and O–H groups in total. The van der Waals surface area contributed by atoms with E-state index in [1.807, 2.05) is 6.92 Å². The van der Waals surface area contributed by atoms with Crippen LogP contribution in [0.15, 0.2) is 0 Å². The summed E-state index contributed by atoms with van der Waals surface area (Å²) in [4.78, 5) is 23.3. The lowest BCUT2D eigenvalue weighted by atomic mass is 9.98. The number of hydrogen-bond donors (Lipinski definition) is 1. The summed E-state index contributed by atoms with van der Waals surface area (Å²) >= 11 is 0. The number of rotatable bonds is 6. The second kappa shape index (κ2) is 8.08. The van der Waals surface area contributed by atoms with Crippen molar-refractivity contribution >= 4 is 11.9 Å². The van der Waals surface area contributed by atoms with Crippen LogP contribution in [-0.2, 0) is 19.1 Å². The summed E-state index contributed by atoms with van der Waals surface area (Å²) in [5.74, 6) is -0.211. The molecule has 1 amide bonds. The molecule has 0 bridgehead atoms. The Hall–Kier alpha value is -1.10. The standard InChI is InChI=1S/C13H23NO4/c1-3-4-11(9-12(15)17-2)14-13(16)10-5-7-18-8-6-10/h10-11H,3-9H2,1-2H3,(H,14,16)/t11-/m0/s1. The molecule has 0 aromatic heterocycles. The van der Waals surface area contributed by atoms with Gasteiger partial charge >= 0.3 is 5.97 Å². The molecular weight excluding hydrogens is 234 g/mol. The van der Waals surface area contributed by atoms with Gasteiger partial charge in [0.25, 0.3) is 0 Å². The number of ether oxygens (including phenoxy) is 2. The van der Waals surface area contributed by atoms with Gasteiger partial charge in [-0.05, 0) is 19.3 Å². The van der Waals surface area contributed by atoms with Gasteiger partial charge in [0, 0.05) is 25.2 Å². The Morgan fingerprint density at radius 1 is 1.39 bits per heavy atom. The van der Waals surface area contributed by atoms with E-state index < -0.39 is 0 Å². The Bertz CT molecular complexity index is 274. The second-order valence-corrected chi connectivity index (χ2v) is 4.66. The summed E-state index contributed by atoms with van der Waals surface area (Å²) in [6.07, 6.45) is 3.50. The summed E-state index contributed by atoms with van der Waals surface area (Å²) in [6.45, 7) is 3.33. The van der Waals surface area contributed by atoms with Gasteiger partial charge in [0.2, 0.25) is 5.91 Å². The minimum absolute atomic E-state index is 0.0238. The highest BCUT2D eigenvalue weighted by atomic mass is 16.5. The maximum atomic E-state index is 12.0. The number of amides is 1. The molecule has 1 aliphatic heterocycles. The lowest BCUT2D eigenvalue weighted by Gasteiger charge is -2.24. The topological polar surface area (TPSA) is 64.6 Å². The molecule has 1 atom stereocenters. The highest BCUT2D eigenvalue weighted by Crippen LogP contribution is 2.15. The quantitative estimate of drug-likeness (QED) is 0.728. The average Bonchev–Trinajstić information content (AvgIpc) is 2.39. The van der Waals surface area contributed by atoms with E-state index in [1.165, 1.54) is 7.11 Å². The summed E-state index contributed by atoms with van der Waals surface area (Å²) in [7, 11) is 1.37. The maximum Gasteiger partial charge on any atom is 0.307 e. The summed E-state index contributed by atoms with van der Waals surface area (Å²) in [5, 5.41) is 2.96. The van der Waals surface area contributed by atoms with Crippen LogP contribution in [0.3, 0.4) is 0 Å². The fraction of sp³-hybridized carbons (Fsp3) is 0.846. The van der Waals surface area contributed by atoms with Gasteiger partial charge in [0.15, 0.2) is 0 Å². The smallest absolute Gasteiger partial charge is 0.307 e. The van der Waals surface area contributed by atoms with Crippen LogP contribution in [0.4, 0.5) is 0 Å². The Balaban J connectivity index is 2.43. The zero-order valence-electron chi connectivity index (χ0n) is 11.2. The minimum Gasteiger partial charge on any atom is -0.469 e. The van der Waals surface area contributed by atoms with E-state index in [2.05, 4.69) is 10.1 Å². The molecule has 5 heteroatoms. The number of nitrogens with one attached hydrogen (secondary N) is 1. The van der Waals surface area contributed by atoms with Gasteiger partial charge in [-0.25, -0.2) is 0 Å². The molecule has 18 heavy (non-hydrogen) atoms. The fourth-order valence-corrected chi connectivity index (χ4v) is 2.14. The maximum absolute atomic E-state index is 12.0. The van der Waals surface area contributed by atoms with E-state index in [-0.39, 0.29) is 30.3 Å². The van der Waals surface area contributed by atoms with Crippen molar-refractivity contribution in [3.05, 3.63) is 0 Å². The highest BCUT2D eigenvalue weighted by molar-refractivity contribution is 5.80. The van der Waals surface area contributed by atoms with Crippen LogP contribution < -0.4 is 5.32 Å². The van der Waals surface area contributed by atoms with E-state index in [9.17, 15) is 9.59 Å². The third-order valence-corrected chi connectivity index (χ3v) is 3.22. The Morgan fingerprint density at radius 3 is 2.61 bits per heavy atom. The molecule has 1 aliphatic rings. The Kier molecular flexibility index (Phi) is 6.72. The predicted molar refractivity (Wildman–Crippen MR) is 67.0 cm³/mol. The van der Waals surface area contributed by atoms with E-state index >= 15 is 0 Å². The first-order valence-electron chi connectivity index (χ1n) is 6.62. The molecule has 1 fully saturated rings. The van der Waals surface area contributed by atoms with Crippen molar-refractivity contribution in [3.8, 4) is 0 Å². The lowest BCUT2D eigenvalue weighted by molar-refractivity contribution is -0.141. The van der Waals surface area contributed by atoms with Crippen LogP contribution in [0, 0.1) is 5.92 Å². The largest absolute Gasteiger partial charge is 0.469 e. The van der Waals surface area contributed by atoms with Crippen molar-refractivity contribution in [1.82, 2.24) is 5.32 Å². The van der Waals surface area contributed by atoms with Crippen molar-refractivity contribution in [2.45, 2.75) is 45.1 Å². The summed E-state index contributed by atoms with van der Waals surface area (Å²) in [5.41, 5.74) is 0. The summed E-state index contributed by atoms with van der Waals surface area (Å²) < 4.78 is 9.87. The Labute approximate surface area is 108 Å². The molecule has 0 aliphatic carbocycles. The SMILES string of the molecule is CCC[C@@H](CC(=O)OC)NC(=O)C1CCOCC1. The van der Waals surface area contributed by atoms with E-state index in [0.29, 0.717) is 13.2 Å². The average molecular weight is 257 g/mol. The molecule has 0 radical (unpaired) electrons. The number of methoxy groups -OCH3 is 1. The summed E-state index contributed by atoms with van der Waals surface area (Å²) in [6, 6.07) is -0.113. The first-order chi connectivity index (χ1) is 8.67. The van der Waals surface area contributed by atoms with Crippen LogP contribution >= 0.6 is 0 Å². The molecule has 0 saturated carbocycles. The second-order valence-electron chi connectivity index (χ2n) is 4.66. The van der Waals surface area contributed by atoms with Gasteiger partial charge in [0.05, 0.1) is 13.5 Å². The van der Waals surface area contributed by atoms with Gasteiger partial charge in [-0.2, -0.15) is 0 Å². The third kappa shape index (κ3) is 5.04. The third-order valence-electron chi connectivity index (χ3n) is 3.22. The molecule has 0 aromatic rings. The number of carbonyl (C=O) groups excluding carboxylic acids is 2. The monoisotopic (exact) mass is 257 g/mol. The predicted octanol–water partition coefficient (Wildman–Crippen LogP) is 1.26. The Morgan fingerprint density at radius 2 is 2.06 bits per heavy atom. The van der Waals surface area contributed by atoms with Gasteiger partial charge in [-0.15, -0.1) is 0 Å². The van der Waals surface area contributed by atoms with Crippen molar-refractivity contribution in [2.75, 3.05) is 20.3 Å². The number of hydrogen-bond acceptors (Lipinski definition) is 4. The van der Waals surface area contributed by atoms with E-state index in [1.54, 1.807) is 0 Å². The number of esters is 1. The normalized spacial score (nSPS) is 18.1. The molecule has 0 spiro atoms. The molecule has 5 nitrogen and oxygen atoms in total. The fourth-order valence-electron chi connectivity index (χ4n) is 2.14. The molecule has 1 saturated heterocycles. The molecule has 1 rings (SSSR count). The highest BCUT2D eigenvalue weighted by Gasteiger charge is 2.24. The van der Waals surface area contributed by atoms with Crippen LogP contribution in [0.25, 0.3) is 0 Å². The van der Waals surface area contributed by atoms with Gasteiger partial charge in [-0.3, -0.25) is 9.59 Å². The first kappa shape index (κ1) is 15.0. The molecular formula is C13H23NO4. The van der Waals surface area contributed by atoms with Crippen LogP contribution in [0.2, 0.25) is 0 Å². The molecule has 0 unspecified atom stereocenters. The molecule has 104 valence electrons. The van der Waals surface area contributed by atoms with E-state index in [0.717, 1.165) is 25.7 Å². The van der Waals surface area contributed by atoms with E-state index in [4.69, 9.17) is 4.74 Å². The van der Waals surface area contributed by atoms with Crippen molar-refractivity contribution in [1.29, 1.82) is 0 Å². The van der Waals surface area contributed by atoms with Crippen LogP contribution in [-0.4, -0.2) is 38.2 Å². The zero-order valence-corrected chi connectivity index (χ0v) is 11.2. The van der Waals surface area contributed by atoms with Crippen LogP contribution in [0.1, 0.15) is 39.0 Å². The van der Waals surface area contributed by atoms with Gasteiger partial charge in [0.1, 0.15) is 0 Å². The number of carbonyl (C=O) groups is 2. The molecule has 1 heterocycles. The lowest BCUT2D eigenvalue weighted by Crippen LogP contribution is -2.41. The van der Waals surface area contributed by atoms with Gasteiger partial charge < -0.3 is 14.8 Å². The first-order valence-corrected chi connectivity index (χ1v) is 6.62. The van der Waals surface area contributed by atoms with Crippen LogP contribution in [0.5, 0.6) is 0 Å². The zero-order chi connectivity index (χ0) is 13.4. The van der Waals surface area contributed by atoms with Crippen molar-refractivity contribution in [3.63, 3.8) is 0 Å².